The van der Waals surface area contributed by atoms with Crippen molar-refractivity contribution < 1.29 is 0 Å². The van der Waals surface area contributed by atoms with Gasteiger partial charge in [0.15, 0.2) is 5.96 Å². The van der Waals surface area contributed by atoms with Crippen LogP contribution >= 0.6 is 35.7 Å². The smallest absolute Gasteiger partial charge is 0.191 e. The first kappa shape index (κ1) is 23.3. The maximum Gasteiger partial charge on any atom is 0.191 e. The summed E-state index contributed by atoms with van der Waals surface area (Å²) >= 11 is 1.87. The molecule has 0 aliphatic carbocycles. The third-order valence-electron chi connectivity index (χ3n) is 4.50. The van der Waals surface area contributed by atoms with Gasteiger partial charge >= 0.3 is 0 Å². The Morgan fingerprint density at radius 2 is 1.83 bits per heavy atom. The van der Waals surface area contributed by atoms with E-state index in [1.807, 2.05) is 18.8 Å². The van der Waals surface area contributed by atoms with E-state index in [9.17, 15) is 0 Å². The van der Waals surface area contributed by atoms with E-state index >= 15 is 0 Å². The quantitative estimate of drug-likeness (QED) is 0.348. The summed E-state index contributed by atoms with van der Waals surface area (Å²) in [5, 5.41) is 6.89. The van der Waals surface area contributed by atoms with Crippen LogP contribution in [0.25, 0.3) is 0 Å². The summed E-state index contributed by atoms with van der Waals surface area (Å²) in [6, 6.07) is 0.533. The van der Waals surface area contributed by atoms with Gasteiger partial charge in [-0.25, -0.2) is 0 Å². The van der Waals surface area contributed by atoms with Crippen LogP contribution in [0, 0.1) is 0 Å². The summed E-state index contributed by atoms with van der Waals surface area (Å²) in [6.45, 7) is 16.8. The van der Waals surface area contributed by atoms with Crippen LogP contribution in [0.3, 0.4) is 0 Å². The summed E-state index contributed by atoms with van der Waals surface area (Å²) in [5.41, 5.74) is 0. The number of piperazine rings is 1. The van der Waals surface area contributed by atoms with Gasteiger partial charge in [0, 0.05) is 57.1 Å². The molecule has 1 unspecified atom stereocenters. The van der Waals surface area contributed by atoms with Gasteiger partial charge in [0.2, 0.25) is 0 Å². The van der Waals surface area contributed by atoms with Crippen molar-refractivity contribution in [2.24, 2.45) is 4.99 Å². The van der Waals surface area contributed by atoms with Gasteiger partial charge in [-0.15, -0.1) is 24.0 Å². The molecule has 0 amide bonds. The second kappa shape index (κ2) is 11.8. The van der Waals surface area contributed by atoms with Gasteiger partial charge in [0.1, 0.15) is 0 Å². The Balaban J connectivity index is 0.00000484. The average molecular weight is 457 g/mol. The van der Waals surface area contributed by atoms with Crippen molar-refractivity contribution in [1.29, 1.82) is 0 Å². The maximum absolute atomic E-state index is 4.33. The van der Waals surface area contributed by atoms with Crippen LogP contribution in [-0.2, 0) is 0 Å². The Bertz CT molecular complexity index is 343. The molecule has 23 heavy (non-hydrogen) atoms. The van der Waals surface area contributed by atoms with Crippen molar-refractivity contribution in [2.45, 2.75) is 38.5 Å². The second-order valence-electron chi connectivity index (χ2n) is 6.59. The van der Waals surface area contributed by atoms with Crippen molar-refractivity contribution in [3.63, 3.8) is 0 Å². The van der Waals surface area contributed by atoms with Crippen LogP contribution < -0.4 is 10.6 Å². The summed E-state index contributed by atoms with van der Waals surface area (Å²) in [6.07, 6.45) is 2.15. The van der Waals surface area contributed by atoms with E-state index in [0.717, 1.165) is 19.0 Å². The molecule has 0 radical (unpaired) electrons. The molecule has 1 aliphatic rings. The fourth-order valence-electron chi connectivity index (χ4n) is 2.48. The van der Waals surface area contributed by atoms with Crippen LogP contribution in [0.1, 0.15) is 27.7 Å². The van der Waals surface area contributed by atoms with Crippen LogP contribution in [0.15, 0.2) is 4.99 Å². The zero-order valence-electron chi connectivity index (χ0n) is 15.7. The SMILES string of the molecule is CCN1CCN(C(C)CNC(=NC)NCC(C)(C)SC)CC1.I. The molecular formula is C16H36IN5S. The molecule has 1 fully saturated rings. The molecule has 1 aliphatic heterocycles. The molecule has 5 nitrogen and oxygen atoms in total. The van der Waals surface area contributed by atoms with E-state index in [-0.39, 0.29) is 28.7 Å². The van der Waals surface area contributed by atoms with E-state index in [1.165, 1.54) is 32.7 Å². The van der Waals surface area contributed by atoms with Gasteiger partial charge in [0.25, 0.3) is 0 Å². The van der Waals surface area contributed by atoms with Crippen molar-refractivity contribution in [3.05, 3.63) is 0 Å². The minimum absolute atomic E-state index is 0. The number of nitrogens with zero attached hydrogens (tertiary/aromatic N) is 3. The van der Waals surface area contributed by atoms with Gasteiger partial charge in [-0.05, 0) is 33.6 Å². The van der Waals surface area contributed by atoms with Gasteiger partial charge < -0.3 is 15.5 Å². The lowest BCUT2D eigenvalue weighted by molar-refractivity contribution is 0.107. The largest absolute Gasteiger partial charge is 0.355 e. The number of nitrogens with one attached hydrogen (secondary N) is 2. The third kappa shape index (κ3) is 8.79. The molecule has 0 aromatic rings. The van der Waals surface area contributed by atoms with Gasteiger partial charge in [-0.2, -0.15) is 11.8 Å². The zero-order chi connectivity index (χ0) is 16.6. The van der Waals surface area contributed by atoms with E-state index in [4.69, 9.17) is 0 Å². The summed E-state index contributed by atoms with van der Waals surface area (Å²) < 4.78 is 0.222. The molecule has 7 heteroatoms. The summed E-state index contributed by atoms with van der Waals surface area (Å²) in [4.78, 5) is 9.41. The number of hydrogen-bond donors (Lipinski definition) is 2. The second-order valence-corrected chi connectivity index (χ2v) is 8.10. The monoisotopic (exact) mass is 457 g/mol. The van der Waals surface area contributed by atoms with Gasteiger partial charge in [-0.3, -0.25) is 9.89 Å². The number of thioether (sulfide) groups is 1. The van der Waals surface area contributed by atoms with E-state index in [1.54, 1.807) is 0 Å². The summed E-state index contributed by atoms with van der Waals surface area (Å²) in [5.74, 6) is 0.904. The molecule has 1 rings (SSSR count). The van der Waals surface area contributed by atoms with Crippen molar-refractivity contribution in [3.8, 4) is 0 Å². The first-order valence-corrected chi connectivity index (χ1v) is 9.60. The average Bonchev–Trinajstić information content (AvgIpc) is 2.54. The lowest BCUT2D eigenvalue weighted by atomic mass is 10.2. The predicted molar refractivity (Wildman–Crippen MR) is 116 cm³/mol. The lowest BCUT2D eigenvalue weighted by Crippen LogP contribution is -2.53. The Labute approximate surface area is 164 Å². The first-order chi connectivity index (χ1) is 10.4. The highest BCUT2D eigenvalue weighted by atomic mass is 127. The highest BCUT2D eigenvalue weighted by Gasteiger charge is 2.20. The Kier molecular flexibility index (Phi) is 11.9. The highest BCUT2D eigenvalue weighted by molar-refractivity contribution is 14.0. The fraction of sp³-hybridized carbons (Fsp3) is 0.938. The minimum Gasteiger partial charge on any atom is -0.355 e. The van der Waals surface area contributed by atoms with Crippen LogP contribution in [-0.4, -0.2) is 85.7 Å². The molecule has 1 saturated heterocycles. The number of halogens is 1. The fourth-order valence-corrected chi connectivity index (χ4v) is 2.70. The molecule has 0 aromatic heterocycles. The van der Waals surface area contributed by atoms with Crippen molar-refractivity contribution >= 4 is 41.7 Å². The molecule has 0 bridgehead atoms. The highest BCUT2D eigenvalue weighted by Crippen LogP contribution is 2.19. The van der Waals surface area contributed by atoms with Crippen LogP contribution in [0.4, 0.5) is 0 Å². The first-order valence-electron chi connectivity index (χ1n) is 8.38. The minimum atomic E-state index is 0. The van der Waals surface area contributed by atoms with Crippen LogP contribution in [0.2, 0.25) is 0 Å². The predicted octanol–water partition coefficient (Wildman–Crippen LogP) is 1.94. The number of aliphatic imine (C=N–C) groups is 1. The molecule has 1 atom stereocenters. The molecule has 2 N–H and O–H groups in total. The number of rotatable bonds is 7. The van der Waals surface area contributed by atoms with Crippen LogP contribution in [0.5, 0.6) is 0 Å². The molecule has 0 saturated carbocycles. The van der Waals surface area contributed by atoms with E-state index < -0.39 is 0 Å². The number of guanidine groups is 1. The van der Waals surface area contributed by atoms with Gasteiger partial charge in [-0.1, -0.05) is 6.92 Å². The van der Waals surface area contributed by atoms with Crippen molar-refractivity contribution in [1.82, 2.24) is 20.4 Å². The Morgan fingerprint density at radius 1 is 1.22 bits per heavy atom. The topological polar surface area (TPSA) is 42.9 Å². The van der Waals surface area contributed by atoms with Crippen molar-refractivity contribution in [2.75, 3.05) is 59.1 Å². The molecule has 0 spiro atoms. The summed E-state index contributed by atoms with van der Waals surface area (Å²) in [7, 11) is 1.84. The molecule has 138 valence electrons. The lowest BCUT2D eigenvalue weighted by Gasteiger charge is -2.37. The Morgan fingerprint density at radius 3 is 2.30 bits per heavy atom. The third-order valence-corrected chi connectivity index (χ3v) is 5.75. The molecular weight excluding hydrogens is 421 g/mol. The normalized spacial score (nSPS) is 19.1. The van der Waals surface area contributed by atoms with Gasteiger partial charge in [0.05, 0.1) is 0 Å². The zero-order valence-corrected chi connectivity index (χ0v) is 18.8. The maximum atomic E-state index is 4.33. The van der Waals surface area contributed by atoms with E-state index in [0.29, 0.717) is 6.04 Å². The van der Waals surface area contributed by atoms with E-state index in [2.05, 4.69) is 59.4 Å². The standard InChI is InChI=1S/C16H35N5S.HI/c1-7-20-8-10-21(11-9-20)14(2)12-18-15(17-5)19-13-16(3,4)22-6;/h14H,7-13H2,1-6H3,(H2,17,18,19);1H. The number of hydrogen-bond acceptors (Lipinski definition) is 4. The Hall–Kier alpha value is 0.270. The molecule has 0 aromatic carbocycles. The molecule has 1 heterocycles. The number of likely N-dealkylation sites (N-methyl/N-ethyl adjacent to an activating group) is 1.